The maximum atomic E-state index is 6.01. The average Bonchev–Trinajstić information content (AvgIpc) is 3.00. The minimum atomic E-state index is 0.645. The number of aromatic nitrogens is 1. The van der Waals surface area contributed by atoms with Crippen molar-refractivity contribution in [3.63, 3.8) is 0 Å². The van der Waals surface area contributed by atoms with E-state index in [1.165, 1.54) is 12.8 Å². The lowest BCUT2D eigenvalue weighted by Crippen LogP contribution is -2.25. The molecule has 0 aromatic carbocycles. The van der Waals surface area contributed by atoms with E-state index in [2.05, 4.69) is 22.9 Å². The van der Waals surface area contributed by atoms with E-state index in [9.17, 15) is 0 Å². The minimum Gasteiger partial charge on any atom is -0.296 e. The topological polar surface area (TPSA) is 16.1 Å². The third-order valence-corrected chi connectivity index (χ3v) is 3.02. The first kappa shape index (κ1) is 9.94. The van der Waals surface area contributed by atoms with Gasteiger partial charge in [0, 0.05) is 24.3 Å². The predicted octanol–water partition coefficient (Wildman–Crippen LogP) is 2.72. The Hall–Kier alpha value is -0.600. The molecule has 1 saturated carbocycles. The average molecular weight is 211 g/mol. The first-order chi connectivity index (χ1) is 6.81. The molecule has 2 nitrogen and oxygen atoms in total. The fourth-order valence-corrected chi connectivity index (χ4v) is 1.87. The van der Waals surface area contributed by atoms with Crippen LogP contribution in [0.2, 0.25) is 5.15 Å². The maximum absolute atomic E-state index is 6.01. The third kappa shape index (κ3) is 2.25. The highest BCUT2D eigenvalue weighted by molar-refractivity contribution is 6.30. The molecular weight excluding hydrogens is 196 g/mol. The van der Waals surface area contributed by atoms with Crippen LogP contribution >= 0.6 is 11.6 Å². The van der Waals surface area contributed by atoms with E-state index < -0.39 is 0 Å². The molecule has 0 saturated heterocycles. The Morgan fingerprint density at radius 2 is 2.36 bits per heavy atom. The van der Waals surface area contributed by atoms with Crippen LogP contribution in [0.15, 0.2) is 18.3 Å². The molecule has 0 unspecified atom stereocenters. The molecular formula is C11H15ClN2. The normalized spacial score (nSPS) is 16.2. The lowest BCUT2D eigenvalue weighted by atomic mass is 10.2. The van der Waals surface area contributed by atoms with Crippen molar-refractivity contribution in [2.45, 2.75) is 32.4 Å². The Morgan fingerprint density at radius 3 is 2.93 bits per heavy atom. The van der Waals surface area contributed by atoms with E-state index >= 15 is 0 Å². The van der Waals surface area contributed by atoms with Crippen LogP contribution in [-0.2, 0) is 6.54 Å². The number of pyridine rings is 1. The van der Waals surface area contributed by atoms with E-state index in [1.54, 1.807) is 6.20 Å². The van der Waals surface area contributed by atoms with Crippen molar-refractivity contribution >= 4 is 11.6 Å². The van der Waals surface area contributed by atoms with Crippen LogP contribution in [0.1, 0.15) is 25.3 Å². The lowest BCUT2D eigenvalue weighted by molar-refractivity contribution is 0.269. The summed E-state index contributed by atoms with van der Waals surface area (Å²) in [6.07, 6.45) is 4.41. The summed E-state index contributed by atoms with van der Waals surface area (Å²) >= 11 is 6.01. The fourth-order valence-electron chi connectivity index (χ4n) is 1.69. The molecule has 0 N–H and O–H groups in total. The first-order valence-electron chi connectivity index (χ1n) is 5.14. The molecule has 0 bridgehead atoms. The highest BCUT2D eigenvalue weighted by atomic mass is 35.5. The first-order valence-corrected chi connectivity index (χ1v) is 5.52. The standard InChI is InChI=1S/C11H15ClN2/c1-2-14(10-5-6-10)8-9-4-3-7-13-11(9)12/h3-4,7,10H,2,5-6,8H2,1H3. The van der Waals surface area contributed by atoms with Gasteiger partial charge >= 0.3 is 0 Å². The molecule has 0 aliphatic heterocycles. The summed E-state index contributed by atoms with van der Waals surface area (Å²) in [7, 11) is 0. The molecule has 0 amide bonds. The molecule has 0 radical (unpaired) electrons. The summed E-state index contributed by atoms with van der Waals surface area (Å²) in [4.78, 5) is 6.55. The van der Waals surface area contributed by atoms with Gasteiger partial charge in [0.25, 0.3) is 0 Å². The summed E-state index contributed by atoms with van der Waals surface area (Å²) < 4.78 is 0. The van der Waals surface area contributed by atoms with Gasteiger partial charge in [-0.3, -0.25) is 4.90 Å². The van der Waals surface area contributed by atoms with Crippen LogP contribution in [0.3, 0.4) is 0 Å². The number of hydrogen-bond donors (Lipinski definition) is 0. The molecule has 3 heteroatoms. The molecule has 0 atom stereocenters. The maximum Gasteiger partial charge on any atom is 0.133 e. The second kappa shape index (κ2) is 4.28. The van der Waals surface area contributed by atoms with Gasteiger partial charge in [-0.1, -0.05) is 24.6 Å². The van der Waals surface area contributed by atoms with Crippen LogP contribution in [-0.4, -0.2) is 22.5 Å². The van der Waals surface area contributed by atoms with Crippen molar-refractivity contribution in [3.05, 3.63) is 29.0 Å². The Bertz CT molecular complexity index is 310. The van der Waals surface area contributed by atoms with Gasteiger partial charge in [-0.05, 0) is 25.5 Å². The third-order valence-electron chi connectivity index (χ3n) is 2.68. The molecule has 1 aromatic heterocycles. The van der Waals surface area contributed by atoms with Gasteiger partial charge in [0.05, 0.1) is 0 Å². The molecule has 1 heterocycles. The summed E-state index contributed by atoms with van der Waals surface area (Å²) in [5.41, 5.74) is 1.14. The van der Waals surface area contributed by atoms with Crippen LogP contribution < -0.4 is 0 Å². The largest absolute Gasteiger partial charge is 0.296 e. The van der Waals surface area contributed by atoms with Crippen LogP contribution in [0.25, 0.3) is 0 Å². The van der Waals surface area contributed by atoms with Crippen LogP contribution in [0.4, 0.5) is 0 Å². The number of halogens is 1. The van der Waals surface area contributed by atoms with Gasteiger partial charge < -0.3 is 0 Å². The SMILES string of the molecule is CCN(Cc1cccnc1Cl)C1CC1. The van der Waals surface area contributed by atoms with Crippen LogP contribution in [0, 0.1) is 0 Å². The molecule has 0 spiro atoms. The fraction of sp³-hybridized carbons (Fsp3) is 0.545. The van der Waals surface area contributed by atoms with Crippen molar-refractivity contribution in [1.82, 2.24) is 9.88 Å². The zero-order valence-corrected chi connectivity index (χ0v) is 9.17. The molecule has 1 fully saturated rings. The highest BCUT2D eigenvalue weighted by Crippen LogP contribution is 2.28. The Labute approximate surface area is 89.9 Å². The molecule has 1 aliphatic carbocycles. The van der Waals surface area contributed by atoms with Crippen molar-refractivity contribution in [2.24, 2.45) is 0 Å². The van der Waals surface area contributed by atoms with E-state index in [1.807, 2.05) is 6.07 Å². The van der Waals surface area contributed by atoms with Crippen molar-refractivity contribution in [3.8, 4) is 0 Å². The van der Waals surface area contributed by atoms with E-state index in [4.69, 9.17) is 11.6 Å². The van der Waals surface area contributed by atoms with Gasteiger partial charge in [-0.25, -0.2) is 4.98 Å². The highest BCUT2D eigenvalue weighted by Gasteiger charge is 2.27. The summed E-state index contributed by atoms with van der Waals surface area (Å²) in [6, 6.07) is 4.79. The van der Waals surface area contributed by atoms with Gasteiger partial charge in [0.2, 0.25) is 0 Å². The molecule has 76 valence electrons. The lowest BCUT2D eigenvalue weighted by Gasteiger charge is -2.19. The summed E-state index contributed by atoms with van der Waals surface area (Å²) in [5, 5.41) is 0.645. The Kier molecular flexibility index (Phi) is 3.04. The van der Waals surface area contributed by atoms with E-state index in [-0.39, 0.29) is 0 Å². The van der Waals surface area contributed by atoms with E-state index in [0.717, 1.165) is 24.7 Å². The quantitative estimate of drug-likeness (QED) is 0.711. The minimum absolute atomic E-state index is 0.645. The van der Waals surface area contributed by atoms with Gasteiger partial charge in [-0.2, -0.15) is 0 Å². The van der Waals surface area contributed by atoms with E-state index in [0.29, 0.717) is 5.15 Å². The second-order valence-electron chi connectivity index (χ2n) is 3.75. The molecule has 1 aliphatic rings. The van der Waals surface area contributed by atoms with Crippen molar-refractivity contribution in [2.75, 3.05) is 6.54 Å². The molecule has 1 aromatic rings. The predicted molar refractivity (Wildman–Crippen MR) is 58.4 cm³/mol. The van der Waals surface area contributed by atoms with Gasteiger partial charge in [0.15, 0.2) is 0 Å². The number of hydrogen-bond acceptors (Lipinski definition) is 2. The zero-order chi connectivity index (χ0) is 9.97. The Morgan fingerprint density at radius 1 is 1.57 bits per heavy atom. The second-order valence-corrected chi connectivity index (χ2v) is 4.11. The van der Waals surface area contributed by atoms with Crippen molar-refractivity contribution in [1.29, 1.82) is 0 Å². The molecule has 14 heavy (non-hydrogen) atoms. The number of rotatable bonds is 4. The van der Waals surface area contributed by atoms with Crippen molar-refractivity contribution < 1.29 is 0 Å². The van der Waals surface area contributed by atoms with Gasteiger partial charge in [0.1, 0.15) is 5.15 Å². The zero-order valence-electron chi connectivity index (χ0n) is 8.41. The molecule has 2 rings (SSSR count). The summed E-state index contributed by atoms with van der Waals surface area (Å²) in [6.45, 7) is 4.23. The monoisotopic (exact) mass is 210 g/mol. The van der Waals surface area contributed by atoms with Gasteiger partial charge in [-0.15, -0.1) is 0 Å². The number of nitrogens with zero attached hydrogens (tertiary/aromatic N) is 2. The summed E-state index contributed by atoms with van der Waals surface area (Å²) in [5.74, 6) is 0. The Balaban J connectivity index is 2.04. The smallest absolute Gasteiger partial charge is 0.133 e. The van der Waals surface area contributed by atoms with Crippen LogP contribution in [0.5, 0.6) is 0 Å².